The summed E-state index contributed by atoms with van der Waals surface area (Å²) in [4.78, 5) is 79.7. The maximum atomic E-state index is 12.6. The number of nitrogens with two attached hydrogens (primary N) is 1. The molecule has 308 valence electrons. The number of hydrogen-bond donors (Lipinski definition) is 6. The van der Waals surface area contributed by atoms with E-state index in [1.807, 2.05) is 69.3 Å². The smallest absolute Gasteiger partial charge is 0.328 e. The summed E-state index contributed by atoms with van der Waals surface area (Å²) < 4.78 is 9.42. The molecule has 0 aromatic heterocycles. The van der Waals surface area contributed by atoms with E-state index in [0.717, 1.165) is 23.8 Å². The van der Waals surface area contributed by atoms with Crippen molar-refractivity contribution in [1.29, 1.82) is 0 Å². The number of benzene rings is 2. The second kappa shape index (κ2) is 25.8. The summed E-state index contributed by atoms with van der Waals surface area (Å²) in [6.07, 6.45) is 2.02. The third-order valence-corrected chi connectivity index (χ3v) is 7.56. The minimum absolute atomic E-state index is 0. The minimum atomic E-state index is -1.22. The van der Waals surface area contributed by atoms with Gasteiger partial charge in [0.2, 0.25) is 11.8 Å². The van der Waals surface area contributed by atoms with Gasteiger partial charge in [-0.2, -0.15) is 0 Å². The van der Waals surface area contributed by atoms with E-state index >= 15 is 0 Å². The Hall–Kier alpha value is -5.15. The fourth-order valence-corrected chi connectivity index (χ4v) is 4.51. The van der Waals surface area contributed by atoms with Crippen molar-refractivity contribution in [2.75, 3.05) is 20.8 Å². The Morgan fingerprint density at radius 2 is 1.11 bits per heavy atom. The third kappa shape index (κ3) is 24.7. The van der Waals surface area contributed by atoms with Crippen molar-refractivity contribution in [3.05, 3.63) is 71.8 Å². The average Bonchev–Trinajstić information content (AvgIpc) is 3.09. The number of nitrogens with one attached hydrogen (secondary N) is 3. The number of esters is 2. The second-order valence-electron chi connectivity index (χ2n) is 15.1. The van der Waals surface area contributed by atoms with Gasteiger partial charge in [0.15, 0.2) is 0 Å². The normalized spacial score (nSPS) is 13.0. The van der Waals surface area contributed by atoms with Gasteiger partial charge in [0.1, 0.15) is 18.4 Å². The summed E-state index contributed by atoms with van der Waals surface area (Å²) in [7, 11) is 2.46. The van der Waals surface area contributed by atoms with Crippen molar-refractivity contribution in [2.24, 2.45) is 16.6 Å². The number of carboxylic acid groups (broad SMARTS) is 2. The molecule has 55 heavy (non-hydrogen) atoms. The van der Waals surface area contributed by atoms with Crippen LogP contribution < -0.4 is 21.7 Å². The first-order valence-electron chi connectivity index (χ1n) is 17.8. The van der Waals surface area contributed by atoms with E-state index in [0.29, 0.717) is 13.0 Å². The zero-order chi connectivity index (χ0) is 42.2. The molecule has 15 heteroatoms. The number of carbonyl (C=O) groups is 7. The predicted octanol–water partition coefficient (Wildman–Crippen LogP) is 3.31. The summed E-state index contributed by atoms with van der Waals surface area (Å²) in [6.45, 7) is 12.8. The van der Waals surface area contributed by atoms with Gasteiger partial charge in [-0.25, -0.2) is 9.59 Å². The number of carbonyl (C=O) groups excluding carboxylic acids is 5. The zero-order valence-electron chi connectivity index (χ0n) is 33.3. The van der Waals surface area contributed by atoms with Gasteiger partial charge in [-0.1, -0.05) is 102 Å². The fraction of sp³-hybridized carbons (Fsp3) is 0.525. The molecule has 7 N–H and O–H groups in total. The highest BCUT2D eigenvalue weighted by Crippen LogP contribution is 2.17. The Morgan fingerprint density at radius 3 is 1.44 bits per heavy atom. The van der Waals surface area contributed by atoms with Crippen molar-refractivity contribution in [3.63, 3.8) is 0 Å². The number of ether oxygens (including phenoxy) is 2. The highest BCUT2D eigenvalue weighted by Gasteiger charge is 2.28. The molecule has 0 aliphatic carbocycles. The average molecular weight is 775 g/mol. The number of methoxy groups -OCH3 is 2. The second-order valence-corrected chi connectivity index (χ2v) is 15.1. The van der Waals surface area contributed by atoms with Crippen LogP contribution in [0.1, 0.15) is 79.8 Å². The third-order valence-electron chi connectivity index (χ3n) is 7.56. The SMILES string of the molecule is CC(C)(C)CC=O.COC(=O)[C@H](Cc1ccccc1)NC(=O)[C@@H](N)CC(=O)O.COC(=O)[C@H](Cc1ccccc1)NC(=O)[C@H](CC(=O)O)NCCC(C)(C)C.[HH]. The van der Waals surface area contributed by atoms with Gasteiger partial charge in [0.25, 0.3) is 0 Å². The molecule has 2 aromatic rings. The maximum absolute atomic E-state index is 12.6. The van der Waals surface area contributed by atoms with Crippen molar-refractivity contribution in [2.45, 2.75) is 104 Å². The summed E-state index contributed by atoms with van der Waals surface area (Å²) in [6, 6.07) is 14.3. The lowest BCUT2D eigenvalue weighted by molar-refractivity contribution is -0.146. The van der Waals surface area contributed by atoms with Gasteiger partial charge in [0, 0.05) is 20.7 Å². The fourth-order valence-electron chi connectivity index (χ4n) is 4.51. The highest BCUT2D eigenvalue weighted by molar-refractivity contribution is 5.90. The van der Waals surface area contributed by atoms with Crippen LogP contribution in [0, 0.1) is 10.8 Å². The van der Waals surface area contributed by atoms with E-state index < -0.39 is 66.3 Å². The van der Waals surface area contributed by atoms with Crippen LogP contribution in [0.25, 0.3) is 0 Å². The Morgan fingerprint density at radius 1 is 0.691 bits per heavy atom. The largest absolute Gasteiger partial charge is 0.481 e. The van der Waals surface area contributed by atoms with Crippen molar-refractivity contribution in [1.82, 2.24) is 16.0 Å². The number of carboxylic acids is 2. The molecule has 0 aliphatic heterocycles. The van der Waals surface area contributed by atoms with E-state index in [4.69, 9.17) is 20.7 Å². The molecule has 0 bridgehead atoms. The van der Waals surface area contributed by atoms with Crippen molar-refractivity contribution in [3.8, 4) is 0 Å². The first-order valence-corrected chi connectivity index (χ1v) is 17.8. The molecule has 2 rings (SSSR count). The van der Waals surface area contributed by atoms with Gasteiger partial charge < -0.3 is 46.2 Å². The lowest BCUT2D eigenvalue weighted by Crippen LogP contribution is -2.52. The van der Waals surface area contributed by atoms with Crippen LogP contribution in [-0.4, -0.2) is 97.1 Å². The number of aldehydes is 1. The quantitative estimate of drug-likeness (QED) is 0.0943. The van der Waals surface area contributed by atoms with Crippen LogP contribution >= 0.6 is 0 Å². The highest BCUT2D eigenvalue weighted by atomic mass is 16.5. The molecule has 2 aromatic carbocycles. The molecule has 0 spiro atoms. The molecule has 0 fully saturated rings. The Balaban J connectivity index is 0. The molecule has 0 saturated carbocycles. The lowest BCUT2D eigenvalue weighted by atomic mass is 9.92. The summed E-state index contributed by atoms with van der Waals surface area (Å²) in [5, 5.41) is 25.7. The predicted molar refractivity (Wildman–Crippen MR) is 209 cm³/mol. The zero-order valence-corrected chi connectivity index (χ0v) is 33.3. The molecule has 15 nitrogen and oxygen atoms in total. The van der Waals surface area contributed by atoms with Crippen LogP contribution in [0.15, 0.2) is 60.7 Å². The van der Waals surface area contributed by atoms with Gasteiger partial charge in [-0.05, 0) is 34.9 Å². The summed E-state index contributed by atoms with van der Waals surface area (Å²) >= 11 is 0. The van der Waals surface area contributed by atoms with Crippen LogP contribution in [0.3, 0.4) is 0 Å². The Kier molecular flexibility index (Phi) is 23.4. The van der Waals surface area contributed by atoms with E-state index in [1.165, 1.54) is 14.2 Å². The van der Waals surface area contributed by atoms with E-state index in [1.54, 1.807) is 12.1 Å². The standard InChI is InChI=1S/C20H30N2O5.C14H18N2O5.C6H12O.H2/c1-20(2,3)10-11-21-15(13-17(23)24)18(25)22-16(19(26)27-4)12-14-8-6-5-7-9-14;1-21-14(20)11(7-9-5-3-2-4-6-9)16-13(19)10(15)8-12(17)18;1-6(2,3)4-5-7;/h5-9,15-16,21H,10-13H2,1-4H3,(H,22,25)(H,23,24);2-6,10-11H,7-8,15H2,1H3,(H,16,19)(H,17,18);5H,4H2,1-3H3;1H/t15-,16-;10-,11-;;/m00../s1. The lowest BCUT2D eigenvalue weighted by Gasteiger charge is -2.23. The molecule has 0 unspecified atom stereocenters. The molecular weight excluding hydrogens is 712 g/mol. The van der Waals surface area contributed by atoms with Gasteiger partial charge in [-0.15, -0.1) is 0 Å². The summed E-state index contributed by atoms with van der Waals surface area (Å²) in [5.74, 6) is -4.70. The van der Waals surface area contributed by atoms with Crippen LogP contribution in [-0.2, 0) is 55.9 Å². The topological polar surface area (TPSA) is 241 Å². The van der Waals surface area contributed by atoms with Crippen molar-refractivity contribution >= 4 is 42.0 Å². The van der Waals surface area contributed by atoms with Crippen molar-refractivity contribution < 1.29 is 54.7 Å². The van der Waals surface area contributed by atoms with Crippen LogP contribution in [0.4, 0.5) is 0 Å². The number of aliphatic carboxylic acids is 2. The van der Waals surface area contributed by atoms with Gasteiger partial charge in [-0.3, -0.25) is 19.2 Å². The van der Waals surface area contributed by atoms with E-state index in [-0.39, 0.29) is 31.5 Å². The van der Waals surface area contributed by atoms with Gasteiger partial charge >= 0.3 is 23.9 Å². The maximum Gasteiger partial charge on any atom is 0.328 e. The summed E-state index contributed by atoms with van der Waals surface area (Å²) in [5.41, 5.74) is 7.39. The van der Waals surface area contributed by atoms with Crippen LogP contribution in [0.5, 0.6) is 0 Å². The first kappa shape index (κ1) is 49.9. The van der Waals surface area contributed by atoms with Crippen LogP contribution in [0.2, 0.25) is 0 Å². The van der Waals surface area contributed by atoms with Gasteiger partial charge in [0.05, 0.1) is 39.1 Å². The number of hydrogen-bond acceptors (Lipinski definition) is 11. The molecule has 0 aliphatic rings. The minimum Gasteiger partial charge on any atom is -0.481 e. The molecule has 0 heterocycles. The molecule has 0 saturated heterocycles. The number of rotatable bonds is 18. The van der Waals surface area contributed by atoms with E-state index in [2.05, 4.69) is 41.5 Å². The molecular formula is C40H62N4O11. The molecule has 2 amide bonds. The molecule has 4 atom stereocenters. The first-order chi connectivity index (χ1) is 25.6. The molecule has 0 radical (unpaired) electrons. The Bertz CT molecular complexity index is 1500. The monoisotopic (exact) mass is 774 g/mol. The number of amides is 2. The van der Waals surface area contributed by atoms with E-state index in [9.17, 15) is 33.6 Å². The Labute approximate surface area is 325 Å².